The highest BCUT2D eigenvalue weighted by atomic mass is 79.9. The summed E-state index contributed by atoms with van der Waals surface area (Å²) in [5.74, 6) is 0. The van der Waals surface area contributed by atoms with Crippen LogP contribution in [0.25, 0.3) is 0 Å². The molecule has 0 heterocycles. The zero-order valence-corrected chi connectivity index (χ0v) is 7.32. The molecule has 0 saturated heterocycles. The van der Waals surface area contributed by atoms with Gasteiger partial charge in [-0.25, -0.2) is 5.11 Å². The van der Waals surface area contributed by atoms with E-state index in [-0.39, 0.29) is 6.61 Å². The van der Waals surface area contributed by atoms with Gasteiger partial charge in [-0.05, 0) is 12.8 Å². The third-order valence-corrected chi connectivity index (χ3v) is 1.84. The Morgan fingerprint density at radius 1 is 0.889 bits per heavy atom. The third kappa shape index (κ3) is 8.44. The van der Waals surface area contributed by atoms with Crippen LogP contribution in [-0.4, -0.2) is 11.9 Å². The van der Waals surface area contributed by atoms with Crippen molar-refractivity contribution in [3.05, 3.63) is 0 Å². The molecule has 1 radical (unpaired) electrons. The molecule has 0 aromatic heterocycles. The Morgan fingerprint density at radius 2 is 1.44 bits per heavy atom. The van der Waals surface area contributed by atoms with Crippen LogP contribution in [0, 0.1) is 0 Å². The summed E-state index contributed by atoms with van der Waals surface area (Å²) in [4.78, 5) is 0. The summed E-state index contributed by atoms with van der Waals surface area (Å²) in [5.41, 5.74) is 0. The summed E-state index contributed by atoms with van der Waals surface area (Å²) < 4.78 is 0. The summed E-state index contributed by atoms with van der Waals surface area (Å²) in [5, 5.41) is 11.1. The second kappa shape index (κ2) is 8.44. The van der Waals surface area contributed by atoms with Crippen LogP contribution in [0.5, 0.6) is 0 Å². The lowest BCUT2D eigenvalue weighted by Gasteiger charge is -1.94. The summed E-state index contributed by atoms with van der Waals surface area (Å²) >= 11 is 3.36. The fourth-order valence-corrected chi connectivity index (χ4v) is 1.12. The van der Waals surface area contributed by atoms with E-state index in [9.17, 15) is 5.11 Å². The van der Waals surface area contributed by atoms with E-state index in [1.165, 1.54) is 19.3 Å². The molecule has 1 nitrogen and oxygen atoms in total. The van der Waals surface area contributed by atoms with E-state index in [4.69, 9.17) is 0 Å². The molecule has 0 aromatic carbocycles. The summed E-state index contributed by atoms with van der Waals surface area (Å²) in [7, 11) is 0. The molecule has 9 heavy (non-hydrogen) atoms. The molecule has 0 atom stereocenters. The Balaban J connectivity index is 2.60. The van der Waals surface area contributed by atoms with Crippen LogP contribution in [0.1, 0.15) is 32.1 Å². The minimum Gasteiger partial charge on any atom is -0.237 e. The van der Waals surface area contributed by atoms with Gasteiger partial charge in [0.25, 0.3) is 0 Å². The molecule has 0 aliphatic heterocycles. The quantitative estimate of drug-likeness (QED) is 0.457. The largest absolute Gasteiger partial charge is 0.237 e. The molecule has 0 unspecified atom stereocenters. The van der Waals surface area contributed by atoms with E-state index < -0.39 is 0 Å². The summed E-state index contributed by atoms with van der Waals surface area (Å²) in [6.45, 7) is 0.105. The molecule has 0 aliphatic rings. The van der Waals surface area contributed by atoms with Crippen molar-refractivity contribution >= 4 is 15.9 Å². The maximum atomic E-state index is 9.95. The second-order valence-electron chi connectivity index (χ2n) is 2.16. The van der Waals surface area contributed by atoms with Crippen molar-refractivity contribution < 1.29 is 5.11 Å². The van der Waals surface area contributed by atoms with Gasteiger partial charge < -0.3 is 0 Å². The fraction of sp³-hybridized carbons (Fsp3) is 1.00. The van der Waals surface area contributed by atoms with Crippen LogP contribution in [-0.2, 0) is 5.11 Å². The minimum atomic E-state index is 0.105. The molecule has 0 N–H and O–H groups in total. The van der Waals surface area contributed by atoms with E-state index in [1.807, 2.05) is 0 Å². The number of rotatable bonds is 6. The van der Waals surface area contributed by atoms with Gasteiger partial charge in [0.1, 0.15) is 0 Å². The van der Waals surface area contributed by atoms with Gasteiger partial charge in [-0.3, -0.25) is 0 Å². The average Bonchev–Trinajstić information content (AvgIpc) is 1.89. The van der Waals surface area contributed by atoms with Crippen molar-refractivity contribution in [1.29, 1.82) is 0 Å². The first-order chi connectivity index (χ1) is 4.41. The smallest absolute Gasteiger partial charge is 0.0822 e. The van der Waals surface area contributed by atoms with Gasteiger partial charge in [0, 0.05) is 5.33 Å². The lowest BCUT2D eigenvalue weighted by atomic mass is 10.2. The molecule has 0 spiro atoms. The first-order valence-electron chi connectivity index (χ1n) is 3.56. The van der Waals surface area contributed by atoms with E-state index in [1.54, 1.807) is 0 Å². The zero-order chi connectivity index (χ0) is 6.95. The third-order valence-electron chi connectivity index (χ3n) is 1.28. The summed E-state index contributed by atoms with van der Waals surface area (Å²) in [6.07, 6.45) is 5.73. The maximum Gasteiger partial charge on any atom is 0.0822 e. The molecule has 0 aromatic rings. The van der Waals surface area contributed by atoms with E-state index in [2.05, 4.69) is 15.9 Å². The van der Waals surface area contributed by atoms with E-state index >= 15 is 0 Å². The standard InChI is InChI=1S/C7H14BrO/c8-6-4-2-1-3-5-7-9/h1-7H2. The second-order valence-corrected chi connectivity index (χ2v) is 2.95. The van der Waals surface area contributed by atoms with Crippen molar-refractivity contribution in [3.8, 4) is 0 Å². The number of halogens is 1. The van der Waals surface area contributed by atoms with Crippen molar-refractivity contribution in [2.45, 2.75) is 32.1 Å². The molecule has 0 aliphatic carbocycles. The predicted molar refractivity (Wildman–Crippen MR) is 42.4 cm³/mol. The first kappa shape index (κ1) is 9.44. The van der Waals surface area contributed by atoms with Gasteiger partial charge in [0.2, 0.25) is 0 Å². The highest BCUT2D eigenvalue weighted by molar-refractivity contribution is 9.09. The fourth-order valence-electron chi connectivity index (χ4n) is 0.727. The average molecular weight is 194 g/mol. The zero-order valence-electron chi connectivity index (χ0n) is 5.74. The lowest BCUT2D eigenvalue weighted by Crippen LogP contribution is -1.82. The molecule has 0 saturated carbocycles. The topological polar surface area (TPSA) is 19.9 Å². The highest BCUT2D eigenvalue weighted by Crippen LogP contribution is 2.03. The Labute approximate surface area is 65.6 Å². The molecule has 55 valence electrons. The van der Waals surface area contributed by atoms with Crippen molar-refractivity contribution in [1.82, 2.24) is 0 Å². The van der Waals surface area contributed by atoms with Crippen LogP contribution in [0.2, 0.25) is 0 Å². The van der Waals surface area contributed by atoms with Gasteiger partial charge in [0.05, 0.1) is 6.61 Å². The Bertz CT molecular complexity index is 42.2. The van der Waals surface area contributed by atoms with Crippen molar-refractivity contribution in [2.24, 2.45) is 0 Å². The van der Waals surface area contributed by atoms with Gasteiger partial charge >= 0.3 is 0 Å². The molecule has 0 fully saturated rings. The van der Waals surface area contributed by atoms with Crippen molar-refractivity contribution in [2.75, 3.05) is 11.9 Å². The molecular formula is C7H14BrO. The van der Waals surface area contributed by atoms with Gasteiger partial charge in [0.15, 0.2) is 0 Å². The molecule has 0 amide bonds. The first-order valence-corrected chi connectivity index (χ1v) is 4.68. The Hall–Kier alpha value is 0.440. The van der Waals surface area contributed by atoms with Crippen LogP contribution in [0.3, 0.4) is 0 Å². The molecule has 2 heteroatoms. The number of hydrogen-bond acceptors (Lipinski definition) is 0. The Kier molecular flexibility index (Phi) is 8.85. The van der Waals surface area contributed by atoms with Crippen molar-refractivity contribution in [3.63, 3.8) is 0 Å². The molecule has 0 rings (SSSR count). The van der Waals surface area contributed by atoms with Crippen LogP contribution in [0.15, 0.2) is 0 Å². The number of hydrogen-bond donors (Lipinski definition) is 0. The predicted octanol–water partition coefficient (Wildman–Crippen LogP) is 2.76. The number of unbranched alkanes of at least 4 members (excludes halogenated alkanes) is 4. The number of alkyl halides is 1. The monoisotopic (exact) mass is 193 g/mol. The normalized spacial score (nSPS) is 10.0. The molecular weight excluding hydrogens is 180 g/mol. The maximum absolute atomic E-state index is 9.95. The van der Waals surface area contributed by atoms with Crippen LogP contribution in [0.4, 0.5) is 0 Å². The Morgan fingerprint density at radius 3 is 2.00 bits per heavy atom. The van der Waals surface area contributed by atoms with Gasteiger partial charge in [-0.15, -0.1) is 0 Å². The summed E-state index contributed by atoms with van der Waals surface area (Å²) in [6, 6.07) is 0. The van der Waals surface area contributed by atoms with E-state index in [0.29, 0.717) is 0 Å². The van der Waals surface area contributed by atoms with Gasteiger partial charge in [-0.1, -0.05) is 35.2 Å². The van der Waals surface area contributed by atoms with E-state index in [0.717, 1.165) is 18.2 Å². The lowest BCUT2D eigenvalue weighted by molar-refractivity contribution is 0.186. The minimum absolute atomic E-state index is 0.105. The van der Waals surface area contributed by atoms with Crippen LogP contribution >= 0.6 is 15.9 Å². The van der Waals surface area contributed by atoms with Crippen LogP contribution < -0.4 is 0 Å². The molecule has 0 bridgehead atoms. The highest BCUT2D eigenvalue weighted by Gasteiger charge is 1.87. The SMILES string of the molecule is [O]CCCCCCCBr. The van der Waals surface area contributed by atoms with Gasteiger partial charge in [-0.2, -0.15) is 0 Å².